The average Bonchev–Trinajstić information content (AvgIpc) is 2.19. The molecule has 0 N–H and O–H groups in total. The van der Waals surface area contributed by atoms with Crippen molar-refractivity contribution >= 4 is 15.9 Å². The van der Waals surface area contributed by atoms with Crippen LogP contribution in [0.3, 0.4) is 0 Å². The van der Waals surface area contributed by atoms with E-state index in [0.717, 1.165) is 5.69 Å². The van der Waals surface area contributed by atoms with Crippen molar-refractivity contribution in [2.45, 2.75) is 38.0 Å². The van der Waals surface area contributed by atoms with Gasteiger partial charge in [-0.3, -0.25) is 0 Å². The van der Waals surface area contributed by atoms with Gasteiger partial charge in [-0.25, -0.2) is 4.98 Å². The zero-order valence-corrected chi connectivity index (χ0v) is 9.00. The van der Waals surface area contributed by atoms with Crippen LogP contribution in [0.2, 0.25) is 0 Å². The molecular weight excluding hydrogens is 230 g/mol. The lowest BCUT2D eigenvalue weighted by molar-refractivity contribution is 0.434. The lowest BCUT2D eigenvalue weighted by Gasteiger charge is -2.20. The summed E-state index contributed by atoms with van der Waals surface area (Å²) in [7, 11) is 0. The smallest absolute Gasteiger partial charge is 0.218 e. The zero-order valence-electron chi connectivity index (χ0n) is 7.41. The number of hydrogen-bond acceptors (Lipinski definition) is 3. The number of rotatable bonds is 1. The molecule has 13 heavy (non-hydrogen) atoms. The first-order valence-corrected chi connectivity index (χ1v) is 5.50. The molecule has 1 aliphatic rings. The van der Waals surface area contributed by atoms with E-state index in [4.69, 9.17) is 0 Å². The number of halogens is 1. The van der Waals surface area contributed by atoms with Crippen LogP contribution in [0.15, 0.2) is 10.9 Å². The Bertz CT molecular complexity index is 284. The van der Waals surface area contributed by atoms with Gasteiger partial charge in [0.25, 0.3) is 0 Å². The number of aromatic nitrogens is 3. The third-order valence-electron chi connectivity index (χ3n) is 2.58. The van der Waals surface area contributed by atoms with Crippen LogP contribution in [-0.4, -0.2) is 15.2 Å². The third kappa shape index (κ3) is 2.24. The second-order valence-electron chi connectivity index (χ2n) is 3.49. The van der Waals surface area contributed by atoms with Gasteiger partial charge in [-0.2, -0.15) is 5.10 Å². The molecule has 4 heteroatoms. The molecule has 1 fully saturated rings. The Morgan fingerprint density at radius 1 is 1.23 bits per heavy atom. The van der Waals surface area contributed by atoms with Gasteiger partial charge in [0.05, 0.1) is 11.9 Å². The highest BCUT2D eigenvalue weighted by Crippen LogP contribution is 2.31. The van der Waals surface area contributed by atoms with Crippen molar-refractivity contribution in [1.29, 1.82) is 0 Å². The Kier molecular flexibility index (Phi) is 2.88. The summed E-state index contributed by atoms with van der Waals surface area (Å²) >= 11 is 3.24. The van der Waals surface area contributed by atoms with E-state index >= 15 is 0 Å². The molecule has 0 spiro atoms. The van der Waals surface area contributed by atoms with Crippen LogP contribution in [0.25, 0.3) is 0 Å². The highest BCUT2D eigenvalue weighted by molar-refractivity contribution is 9.10. The molecule has 1 heterocycles. The Hall–Kier alpha value is -0.510. The molecule has 0 aliphatic heterocycles. The SMILES string of the molecule is Brc1nncc(C2CCCCC2)n1. The van der Waals surface area contributed by atoms with E-state index in [1.165, 1.54) is 32.1 Å². The van der Waals surface area contributed by atoms with Gasteiger partial charge in [0, 0.05) is 5.92 Å². The van der Waals surface area contributed by atoms with Crippen molar-refractivity contribution in [2.24, 2.45) is 0 Å². The summed E-state index contributed by atoms with van der Waals surface area (Å²) in [6.45, 7) is 0. The molecule has 1 aromatic rings. The fourth-order valence-corrected chi connectivity index (χ4v) is 2.18. The van der Waals surface area contributed by atoms with Gasteiger partial charge in [-0.15, -0.1) is 5.10 Å². The lowest BCUT2D eigenvalue weighted by atomic mass is 9.87. The molecule has 1 saturated carbocycles. The van der Waals surface area contributed by atoms with Gasteiger partial charge < -0.3 is 0 Å². The van der Waals surface area contributed by atoms with E-state index in [1.54, 1.807) is 6.20 Å². The summed E-state index contributed by atoms with van der Waals surface area (Å²) in [4.78, 5) is 4.34. The molecule has 0 saturated heterocycles. The molecule has 1 aliphatic carbocycles. The number of nitrogens with zero attached hydrogens (tertiary/aromatic N) is 3. The maximum atomic E-state index is 4.34. The molecule has 2 rings (SSSR count). The average molecular weight is 242 g/mol. The van der Waals surface area contributed by atoms with E-state index in [9.17, 15) is 0 Å². The van der Waals surface area contributed by atoms with Crippen molar-refractivity contribution in [3.63, 3.8) is 0 Å². The van der Waals surface area contributed by atoms with Crippen molar-refractivity contribution in [3.05, 3.63) is 16.6 Å². The van der Waals surface area contributed by atoms with E-state index in [-0.39, 0.29) is 0 Å². The van der Waals surface area contributed by atoms with E-state index in [0.29, 0.717) is 10.7 Å². The van der Waals surface area contributed by atoms with Gasteiger partial charge in [-0.05, 0) is 28.8 Å². The Morgan fingerprint density at radius 3 is 2.69 bits per heavy atom. The molecule has 1 aromatic heterocycles. The van der Waals surface area contributed by atoms with Crippen LogP contribution < -0.4 is 0 Å². The molecule has 0 atom stereocenters. The highest BCUT2D eigenvalue weighted by Gasteiger charge is 2.17. The van der Waals surface area contributed by atoms with Crippen LogP contribution in [0.4, 0.5) is 0 Å². The molecule has 0 aromatic carbocycles. The van der Waals surface area contributed by atoms with E-state index < -0.39 is 0 Å². The van der Waals surface area contributed by atoms with Gasteiger partial charge in [-0.1, -0.05) is 19.3 Å². The van der Waals surface area contributed by atoms with E-state index in [1.807, 2.05) is 0 Å². The first-order valence-electron chi connectivity index (χ1n) is 4.71. The number of hydrogen-bond donors (Lipinski definition) is 0. The van der Waals surface area contributed by atoms with Gasteiger partial charge in [0.2, 0.25) is 4.73 Å². The van der Waals surface area contributed by atoms with Gasteiger partial charge in [0.1, 0.15) is 0 Å². The summed E-state index contributed by atoms with van der Waals surface area (Å²) in [5, 5.41) is 7.69. The molecular formula is C9H12BrN3. The van der Waals surface area contributed by atoms with Crippen LogP contribution in [0.1, 0.15) is 43.7 Å². The minimum Gasteiger partial charge on any atom is -0.224 e. The Balaban J connectivity index is 2.14. The normalized spacial score (nSPS) is 18.8. The third-order valence-corrected chi connectivity index (χ3v) is 2.91. The quantitative estimate of drug-likeness (QED) is 0.759. The predicted octanol–water partition coefficient (Wildman–Crippen LogP) is 2.68. The minimum absolute atomic E-state index is 0.607. The monoisotopic (exact) mass is 241 g/mol. The summed E-state index contributed by atoms with van der Waals surface area (Å²) in [5.41, 5.74) is 1.10. The second-order valence-corrected chi connectivity index (χ2v) is 4.19. The Labute approximate surface area is 86.1 Å². The minimum atomic E-state index is 0.607. The Morgan fingerprint density at radius 2 is 2.00 bits per heavy atom. The predicted molar refractivity (Wildman–Crippen MR) is 53.4 cm³/mol. The van der Waals surface area contributed by atoms with Gasteiger partial charge >= 0.3 is 0 Å². The molecule has 0 unspecified atom stereocenters. The van der Waals surface area contributed by atoms with Crippen LogP contribution in [-0.2, 0) is 0 Å². The molecule has 3 nitrogen and oxygen atoms in total. The maximum absolute atomic E-state index is 4.34. The summed E-state index contributed by atoms with van der Waals surface area (Å²) < 4.78 is 0.607. The van der Waals surface area contributed by atoms with Crippen molar-refractivity contribution < 1.29 is 0 Å². The summed E-state index contributed by atoms with van der Waals surface area (Å²) in [5.74, 6) is 0.612. The zero-order chi connectivity index (χ0) is 9.10. The van der Waals surface area contributed by atoms with Crippen LogP contribution in [0, 0.1) is 0 Å². The van der Waals surface area contributed by atoms with Crippen molar-refractivity contribution in [2.75, 3.05) is 0 Å². The molecule has 0 bridgehead atoms. The first-order chi connectivity index (χ1) is 6.36. The van der Waals surface area contributed by atoms with Crippen LogP contribution >= 0.6 is 15.9 Å². The van der Waals surface area contributed by atoms with E-state index in [2.05, 4.69) is 31.1 Å². The second kappa shape index (κ2) is 4.13. The highest BCUT2D eigenvalue weighted by atomic mass is 79.9. The largest absolute Gasteiger partial charge is 0.224 e. The standard InChI is InChI=1S/C9H12BrN3/c10-9-12-8(6-11-13-9)7-4-2-1-3-5-7/h6-7H,1-5H2. The molecule has 0 radical (unpaired) electrons. The summed E-state index contributed by atoms with van der Waals surface area (Å²) in [6, 6.07) is 0. The lowest BCUT2D eigenvalue weighted by Crippen LogP contribution is -2.07. The molecule has 70 valence electrons. The van der Waals surface area contributed by atoms with Crippen LogP contribution in [0.5, 0.6) is 0 Å². The topological polar surface area (TPSA) is 38.7 Å². The fourth-order valence-electron chi connectivity index (χ4n) is 1.89. The maximum Gasteiger partial charge on any atom is 0.218 e. The molecule has 0 amide bonds. The summed E-state index contributed by atoms with van der Waals surface area (Å²) in [6.07, 6.45) is 8.33. The van der Waals surface area contributed by atoms with Crippen molar-refractivity contribution in [3.8, 4) is 0 Å². The first kappa shape index (κ1) is 9.06. The fraction of sp³-hybridized carbons (Fsp3) is 0.667. The van der Waals surface area contributed by atoms with Crippen molar-refractivity contribution in [1.82, 2.24) is 15.2 Å². The van der Waals surface area contributed by atoms with Gasteiger partial charge in [0.15, 0.2) is 0 Å².